The Balaban J connectivity index is 0. The molecule has 1 radical (unpaired) electrons. The molecule has 0 aliphatic carbocycles. The van der Waals surface area contributed by atoms with Gasteiger partial charge in [-0.3, -0.25) is 0 Å². The molecule has 0 heterocycles. The molecular formula is C9H19NY-2. The maximum absolute atomic E-state index is 2.33. The number of rotatable bonds is 4. The van der Waals surface area contributed by atoms with Crippen LogP contribution in [0.4, 0.5) is 0 Å². The first-order chi connectivity index (χ1) is 4.63. The van der Waals surface area contributed by atoms with E-state index < -0.39 is 0 Å². The summed E-state index contributed by atoms with van der Waals surface area (Å²) in [5.74, 6) is 0. The fraction of sp³-hybridized carbons (Fsp3) is 0.778. The Hall–Kier alpha value is 1.06. The van der Waals surface area contributed by atoms with E-state index in [2.05, 4.69) is 52.5 Å². The van der Waals surface area contributed by atoms with E-state index in [0.29, 0.717) is 12.1 Å². The molecule has 0 fully saturated rings. The minimum absolute atomic E-state index is 0. The zero-order chi connectivity index (χ0) is 8.15. The van der Waals surface area contributed by atoms with Gasteiger partial charge in [0.25, 0.3) is 0 Å². The van der Waals surface area contributed by atoms with Gasteiger partial charge in [-0.1, -0.05) is 13.8 Å². The first-order valence-corrected chi connectivity index (χ1v) is 3.94. The summed E-state index contributed by atoms with van der Waals surface area (Å²) in [5.41, 5.74) is 0. The van der Waals surface area contributed by atoms with Gasteiger partial charge in [-0.05, 0) is 7.05 Å². The third kappa shape index (κ3) is 5.33. The van der Waals surface area contributed by atoms with Gasteiger partial charge >= 0.3 is 0 Å². The summed E-state index contributed by atoms with van der Waals surface area (Å²) in [6.45, 7) is 8.62. The summed E-state index contributed by atoms with van der Waals surface area (Å²) in [5, 5.41) is 0. The summed E-state index contributed by atoms with van der Waals surface area (Å²) >= 11 is 0. The van der Waals surface area contributed by atoms with Gasteiger partial charge in [0.2, 0.25) is 0 Å². The third-order valence-electron chi connectivity index (χ3n) is 2.25. The number of nitrogens with zero attached hydrogens (tertiary/aromatic N) is 1. The van der Waals surface area contributed by atoms with E-state index in [9.17, 15) is 0 Å². The van der Waals surface area contributed by atoms with Crippen molar-refractivity contribution < 1.29 is 32.7 Å². The van der Waals surface area contributed by atoms with Gasteiger partial charge in [-0.2, -0.15) is 13.8 Å². The summed E-state index contributed by atoms with van der Waals surface area (Å²) < 4.78 is 0. The Bertz CT molecular complexity index is 75.6. The van der Waals surface area contributed by atoms with Crippen molar-refractivity contribution in [2.24, 2.45) is 0 Å². The van der Waals surface area contributed by atoms with Crippen LogP contribution in [0, 0.1) is 12.8 Å². The predicted octanol–water partition coefficient (Wildman–Crippen LogP) is 2.14. The molecule has 2 atom stereocenters. The molecule has 0 amide bonds. The summed E-state index contributed by atoms with van der Waals surface area (Å²) in [4.78, 5) is 2.33. The molecule has 0 aliphatic rings. The van der Waals surface area contributed by atoms with E-state index in [1.54, 1.807) is 0 Å². The van der Waals surface area contributed by atoms with Crippen molar-refractivity contribution in [3.05, 3.63) is 12.8 Å². The fourth-order valence-corrected chi connectivity index (χ4v) is 0.841. The van der Waals surface area contributed by atoms with Crippen molar-refractivity contribution in [2.75, 3.05) is 7.05 Å². The quantitative estimate of drug-likeness (QED) is 0.669. The van der Waals surface area contributed by atoms with Crippen molar-refractivity contribution in [3.8, 4) is 0 Å². The van der Waals surface area contributed by atoms with E-state index in [1.165, 1.54) is 0 Å². The molecule has 0 aromatic rings. The molecule has 0 aromatic carbocycles. The maximum Gasteiger partial charge on any atom is 0 e. The summed E-state index contributed by atoms with van der Waals surface area (Å²) in [6, 6.07) is 1.15. The molecule has 0 saturated heterocycles. The standard InChI is InChI=1S/C9H19N.Y/c1-6-8(3)10(5)9(4)7-2;/h6-9H,1-5H3;/q-2;. The minimum atomic E-state index is 0. The monoisotopic (exact) mass is 230 g/mol. The number of hydrogen-bond acceptors (Lipinski definition) is 1. The molecule has 2 heteroatoms. The topological polar surface area (TPSA) is 3.24 Å². The van der Waals surface area contributed by atoms with E-state index in [0.717, 1.165) is 0 Å². The second-order valence-electron chi connectivity index (χ2n) is 2.81. The first kappa shape index (κ1) is 14.6. The van der Waals surface area contributed by atoms with E-state index >= 15 is 0 Å². The molecule has 0 aromatic heterocycles. The van der Waals surface area contributed by atoms with Gasteiger partial charge in [-0.15, -0.1) is 12.1 Å². The molecule has 0 spiro atoms. The van der Waals surface area contributed by atoms with Gasteiger partial charge < -0.3 is 17.7 Å². The first-order valence-electron chi connectivity index (χ1n) is 3.94. The molecule has 0 rings (SSSR count). The third-order valence-corrected chi connectivity index (χ3v) is 2.25. The molecule has 0 saturated carbocycles. The molecule has 0 aliphatic heterocycles. The van der Waals surface area contributed by atoms with Gasteiger partial charge in [0.1, 0.15) is 0 Å². The van der Waals surface area contributed by atoms with Gasteiger partial charge in [-0.25, -0.2) is 0 Å². The van der Waals surface area contributed by atoms with E-state index in [1.807, 2.05) is 0 Å². The van der Waals surface area contributed by atoms with Gasteiger partial charge in [0, 0.05) is 32.7 Å². The molecule has 11 heavy (non-hydrogen) atoms. The number of hydrogen-bond donors (Lipinski definition) is 0. The molecule has 0 bridgehead atoms. The SMILES string of the molecule is C[CH-]C(C)N(C)C(C)[CH-]C.[Y]. The summed E-state index contributed by atoms with van der Waals surface area (Å²) in [6.07, 6.45) is 4.42. The Morgan fingerprint density at radius 2 is 1.27 bits per heavy atom. The van der Waals surface area contributed by atoms with Crippen LogP contribution in [0.2, 0.25) is 0 Å². The molecular weight excluding hydrogens is 211 g/mol. The van der Waals surface area contributed by atoms with Crippen LogP contribution in [-0.4, -0.2) is 24.0 Å². The van der Waals surface area contributed by atoms with Crippen LogP contribution < -0.4 is 0 Å². The van der Waals surface area contributed by atoms with Crippen LogP contribution in [0.15, 0.2) is 0 Å². The zero-order valence-corrected chi connectivity index (χ0v) is 11.2. The van der Waals surface area contributed by atoms with Crippen molar-refractivity contribution in [3.63, 3.8) is 0 Å². The van der Waals surface area contributed by atoms with Crippen LogP contribution >= 0.6 is 0 Å². The van der Waals surface area contributed by atoms with E-state index in [-0.39, 0.29) is 32.7 Å². The summed E-state index contributed by atoms with van der Waals surface area (Å²) in [7, 11) is 2.15. The van der Waals surface area contributed by atoms with Crippen molar-refractivity contribution in [1.29, 1.82) is 0 Å². The predicted molar refractivity (Wildman–Crippen MR) is 46.6 cm³/mol. The molecule has 0 N–H and O–H groups in total. The maximum atomic E-state index is 2.33. The van der Waals surface area contributed by atoms with Crippen molar-refractivity contribution in [1.82, 2.24) is 4.90 Å². The molecule has 1 nitrogen and oxygen atoms in total. The van der Waals surface area contributed by atoms with Crippen LogP contribution in [0.1, 0.15) is 27.7 Å². The fourth-order valence-electron chi connectivity index (χ4n) is 0.841. The smallest absolute Gasteiger partial charge is 0 e. The van der Waals surface area contributed by atoms with Crippen LogP contribution in [0.3, 0.4) is 0 Å². The average Bonchev–Trinajstić information content (AvgIpc) is 2.00. The van der Waals surface area contributed by atoms with Gasteiger partial charge in [0.05, 0.1) is 0 Å². The second kappa shape index (κ2) is 7.70. The normalized spacial score (nSPS) is 15.8. The zero-order valence-electron chi connectivity index (χ0n) is 8.33. The van der Waals surface area contributed by atoms with Crippen LogP contribution in [0.25, 0.3) is 0 Å². The van der Waals surface area contributed by atoms with Gasteiger partial charge in [0.15, 0.2) is 0 Å². The minimum Gasteiger partial charge on any atom is -0.360 e. The van der Waals surface area contributed by atoms with Crippen molar-refractivity contribution >= 4 is 0 Å². The Morgan fingerprint density at radius 3 is 1.45 bits per heavy atom. The average molecular weight is 230 g/mol. The Labute approximate surface area is 96.8 Å². The largest absolute Gasteiger partial charge is 0.360 e. The second-order valence-corrected chi connectivity index (χ2v) is 2.81. The Morgan fingerprint density at radius 1 is 1.00 bits per heavy atom. The molecule has 65 valence electrons. The Kier molecular flexibility index (Phi) is 10.2. The van der Waals surface area contributed by atoms with E-state index in [4.69, 9.17) is 0 Å². The van der Waals surface area contributed by atoms with Crippen LogP contribution in [0.5, 0.6) is 0 Å². The van der Waals surface area contributed by atoms with Crippen LogP contribution in [-0.2, 0) is 32.7 Å². The van der Waals surface area contributed by atoms with Crippen molar-refractivity contribution in [2.45, 2.75) is 39.8 Å². The molecule has 2 unspecified atom stereocenters.